The monoisotopic (exact) mass is 232 g/mol. The molecular formula is C14H13V-. The van der Waals surface area contributed by atoms with Crippen LogP contribution in [0.25, 0.3) is 0 Å². The third kappa shape index (κ3) is 1.97. The molecule has 1 radical (unpaired) electrons. The molecule has 2 aliphatic rings. The van der Waals surface area contributed by atoms with Crippen LogP contribution in [0.1, 0.15) is 17.5 Å². The van der Waals surface area contributed by atoms with Gasteiger partial charge in [-0.15, -0.1) is 0 Å². The Labute approximate surface area is 103 Å². The van der Waals surface area contributed by atoms with Crippen molar-refractivity contribution in [1.29, 1.82) is 0 Å². The quantitative estimate of drug-likeness (QED) is 0.603. The van der Waals surface area contributed by atoms with Crippen LogP contribution in [-0.2, 0) is 31.4 Å². The molecule has 0 bridgehead atoms. The van der Waals surface area contributed by atoms with Crippen molar-refractivity contribution in [3.8, 4) is 0 Å². The summed E-state index contributed by atoms with van der Waals surface area (Å²) in [6, 6.07) is 8.82. The molecule has 0 fully saturated rings. The van der Waals surface area contributed by atoms with Gasteiger partial charge in [-0.3, -0.25) is 6.08 Å². The van der Waals surface area contributed by atoms with E-state index in [-0.39, 0.29) is 18.6 Å². The predicted molar refractivity (Wildman–Crippen MR) is 57.9 cm³/mol. The molecule has 0 saturated carbocycles. The van der Waals surface area contributed by atoms with Gasteiger partial charge in [-0.1, -0.05) is 36.6 Å². The van der Waals surface area contributed by atoms with Crippen LogP contribution in [0.5, 0.6) is 0 Å². The minimum atomic E-state index is 0. The first-order valence-electron chi connectivity index (χ1n) is 5.28. The average Bonchev–Trinajstić information content (AvgIpc) is 2.58. The Hall–Kier alpha value is -0.716. The summed E-state index contributed by atoms with van der Waals surface area (Å²) in [6.07, 6.45) is 11.3. The topological polar surface area (TPSA) is 0 Å². The van der Waals surface area contributed by atoms with E-state index in [1.165, 1.54) is 24.0 Å². The predicted octanol–water partition coefficient (Wildman–Crippen LogP) is 3.09. The van der Waals surface area contributed by atoms with E-state index < -0.39 is 0 Å². The number of benzene rings is 1. The largest absolute Gasteiger partial charge is 0.269 e. The van der Waals surface area contributed by atoms with Crippen LogP contribution in [0.2, 0.25) is 0 Å². The molecule has 0 spiro atoms. The first-order valence-corrected chi connectivity index (χ1v) is 5.28. The van der Waals surface area contributed by atoms with E-state index in [0.29, 0.717) is 5.92 Å². The summed E-state index contributed by atoms with van der Waals surface area (Å²) in [7, 11) is 0. The molecule has 0 amide bonds. The number of aryl methyl sites for hydroxylation is 1. The third-order valence-electron chi connectivity index (χ3n) is 3.26. The van der Waals surface area contributed by atoms with Crippen molar-refractivity contribution in [2.45, 2.75) is 19.3 Å². The Bertz CT molecular complexity index is 415. The van der Waals surface area contributed by atoms with Crippen LogP contribution < -0.4 is 0 Å². The molecule has 75 valence electrons. The normalized spacial score (nSPS) is 22.1. The molecule has 1 aromatic rings. The van der Waals surface area contributed by atoms with Crippen molar-refractivity contribution in [3.05, 3.63) is 59.2 Å². The molecule has 0 aromatic heterocycles. The van der Waals surface area contributed by atoms with E-state index >= 15 is 0 Å². The van der Waals surface area contributed by atoms with Crippen molar-refractivity contribution in [2.75, 3.05) is 0 Å². The molecule has 0 saturated heterocycles. The zero-order valence-electron chi connectivity index (χ0n) is 8.61. The van der Waals surface area contributed by atoms with E-state index in [9.17, 15) is 0 Å². The Morgan fingerprint density at radius 1 is 1.13 bits per heavy atom. The third-order valence-corrected chi connectivity index (χ3v) is 3.26. The maximum atomic E-state index is 3.42. The van der Waals surface area contributed by atoms with Crippen molar-refractivity contribution in [2.24, 2.45) is 5.92 Å². The molecule has 1 aromatic carbocycles. The van der Waals surface area contributed by atoms with Gasteiger partial charge in [0, 0.05) is 18.6 Å². The van der Waals surface area contributed by atoms with Gasteiger partial charge in [0.1, 0.15) is 0 Å². The van der Waals surface area contributed by atoms with Gasteiger partial charge in [0.05, 0.1) is 0 Å². The van der Waals surface area contributed by atoms with Crippen molar-refractivity contribution in [3.63, 3.8) is 0 Å². The van der Waals surface area contributed by atoms with Crippen LogP contribution in [-0.4, -0.2) is 0 Å². The summed E-state index contributed by atoms with van der Waals surface area (Å²) in [6.45, 7) is 0. The molecule has 2 aliphatic carbocycles. The SMILES string of the molecule is [C-]1=CC=C2Cc3ccccc3CCC12.[V]. The summed E-state index contributed by atoms with van der Waals surface area (Å²) in [5, 5.41) is 0. The first kappa shape index (κ1) is 10.8. The maximum Gasteiger partial charge on any atom is 0 e. The van der Waals surface area contributed by atoms with Gasteiger partial charge in [0.2, 0.25) is 0 Å². The number of hydrogen-bond acceptors (Lipinski definition) is 0. The Balaban J connectivity index is 0.000000853. The van der Waals surface area contributed by atoms with E-state index in [0.717, 1.165) is 6.42 Å². The number of hydrogen-bond donors (Lipinski definition) is 0. The zero-order valence-corrected chi connectivity index (χ0v) is 10.0. The van der Waals surface area contributed by atoms with Crippen LogP contribution in [0.4, 0.5) is 0 Å². The van der Waals surface area contributed by atoms with Gasteiger partial charge in [0.15, 0.2) is 0 Å². The van der Waals surface area contributed by atoms with Crippen molar-refractivity contribution in [1.82, 2.24) is 0 Å². The van der Waals surface area contributed by atoms with E-state index in [4.69, 9.17) is 0 Å². The fourth-order valence-corrected chi connectivity index (χ4v) is 2.44. The van der Waals surface area contributed by atoms with Crippen LogP contribution in [0.15, 0.2) is 42.0 Å². The zero-order chi connectivity index (χ0) is 9.38. The fraction of sp³-hybridized carbons (Fsp3) is 0.286. The molecule has 3 rings (SSSR count). The molecule has 1 heteroatoms. The van der Waals surface area contributed by atoms with Crippen LogP contribution in [0, 0.1) is 12.0 Å². The van der Waals surface area contributed by atoms with Crippen molar-refractivity contribution >= 4 is 0 Å². The standard InChI is InChI=1S/C14H13.V/c1-2-5-13-10-14-7-3-6-12(14)9-8-11(13)4-1;/h1-5,7,12H,8-10H2;/q-1;. The number of rotatable bonds is 0. The number of allylic oxidation sites excluding steroid dienone is 4. The van der Waals surface area contributed by atoms with Gasteiger partial charge in [0.25, 0.3) is 0 Å². The molecule has 0 nitrogen and oxygen atoms in total. The van der Waals surface area contributed by atoms with Crippen LogP contribution >= 0.6 is 0 Å². The smallest absolute Gasteiger partial charge is 0 e. The van der Waals surface area contributed by atoms with Gasteiger partial charge in [-0.05, 0) is 24.0 Å². The van der Waals surface area contributed by atoms with Gasteiger partial charge < -0.3 is 0 Å². The summed E-state index contributed by atoms with van der Waals surface area (Å²) >= 11 is 0. The molecule has 0 heterocycles. The fourth-order valence-electron chi connectivity index (χ4n) is 2.44. The van der Waals surface area contributed by atoms with E-state index in [1.807, 2.05) is 0 Å². The summed E-state index contributed by atoms with van der Waals surface area (Å²) in [5.74, 6) is 0.599. The Kier molecular flexibility index (Phi) is 3.18. The second kappa shape index (κ2) is 4.43. The number of fused-ring (bicyclic) bond motifs is 2. The minimum absolute atomic E-state index is 0. The first-order chi connectivity index (χ1) is 6.93. The van der Waals surface area contributed by atoms with Crippen LogP contribution in [0.3, 0.4) is 0 Å². The average molecular weight is 232 g/mol. The second-order valence-corrected chi connectivity index (χ2v) is 4.11. The molecule has 15 heavy (non-hydrogen) atoms. The molecule has 1 unspecified atom stereocenters. The molecule has 0 aliphatic heterocycles. The maximum absolute atomic E-state index is 3.42. The molecule has 1 atom stereocenters. The minimum Gasteiger partial charge on any atom is -0.269 e. The molecule has 0 N–H and O–H groups in total. The van der Waals surface area contributed by atoms with E-state index in [2.05, 4.69) is 42.5 Å². The molecular weight excluding hydrogens is 219 g/mol. The van der Waals surface area contributed by atoms with E-state index in [1.54, 1.807) is 5.57 Å². The van der Waals surface area contributed by atoms with Gasteiger partial charge in [-0.2, -0.15) is 5.57 Å². The summed E-state index contributed by atoms with van der Waals surface area (Å²) in [5.41, 5.74) is 4.60. The Morgan fingerprint density at radius 3 is 2.80 bits per heavy atom. The summed E-state index contributed by atoms with van der Waals surface area (Å²) < 4.78 is 0. The van der Waals surface area contributed by atoms with Gasteiger partial charge >= 0.3 is 0 Å². The summed E-state index contributed by atoms with van der Waals surface area (Å²) in [4.78, 5) is 0. The van der Waals surface area contributed by atoms with Gasteiger partial charge in [-0.25, -0.2) is 12.2 Å². The second-order valence-electron chi connectivity index (χ2n) is 4.11. The van der Waals surface area contributed by atoms with Crippen molar-refractivity contribution < 1.29 is 18.6 Å². The Morgan fingerprint density at radius 2 is 1.93 bits per heavy atom.